The molecule has 0 amide bonds. The zero-order chi connectivity index (χ0) is 17.2. The van der Waals surface area contributed by atoms with Crippen molar-refractivity contribution in [3.8, 4) is 0 Å². The van der Waals surface area contributed by atoms with Gasteiger partial charge in [0.15, 0.2) is 0 Å². The molecule has 0 radical (unpaired) electrons. The van der Waals surface area contributed by atoms with E-state index in [2.05, 4.69) is 0 Å². The number of ether oxygens (including phenoxy) is 1. The van der Waals surface area contributed by atoms with Crippen LogP contribution in [0.4, 0.5) is 0 Å². The molecule has 0 spiro atoms. The number of quaternary nitrogens is 1. The van der Waals surface area contributed by atoms with Gasteiger partial charge in [-0.05, 0) is 19.3 Å². The predicted octanol–water partition coefficient (Wildman–Crippen LogP) is 0.517. The quantitative estimate of drug-likeness (QED) is 0.243. The zero-order valence-corrected chi connectivity index (χ0v) is 13.7. The van der Waals surface area contributed by atoms with Crippen LogP contribution in [0.25, 0.3) is 0 Å². The molecule has 0 fully saturated rings. The number of unbranched alkanes of at least 4 members (excludes halogenated alkanes) is 3. The van der Waals surface area contributed by atoms with E-state index in [1.807, 2.05) is 21.1 Å². The van der Waals surface area contributed by atoms with E-state index in [1.165, 1.54) is 0 Å². The van der Waals surface area contributed by atoms with Crippen LogP contribution >= 0.6 is 0 Å². The van der Waals surface area contributed by atoms with Gasteiger partial charge in [-0.3, -0.25) is 14.1 Å². The van der Waals surface area contributed by atoms with Crippen molar-refractivity contribution in [3.05, 3.63) is 0 Å². The Labute approximate surface area is 131 Å². The van der Waals surface area contributed by atoms with Crippen LogP contribution in [0.2, 0.25) is 0 Å². The van der Waals surface area contributed by atoms with Gasteiger partial charge in [-0.1, -0.05) is 12.8 Å². The first-order valence-electron chi connectivity index (χ1n) is 7.55. The highest BCUT2D eigenvalue weighted by molar-refractivity contribution is 5.69. The molecule has 1 unspecified atom stereocenters. The van der Waals surface area contributed by atoms with Crippen LogP contribution in [0.15, 0.2) is 0 Å². The van der Waals surface area contributed by atoms with E-state index in [4.69, 9.17) is 9.84 Å². The van der Waals surface area contributed by atoms with Gasteiger partial charge in [0.2, 0.25) is 6.23 Å². The number of carbonyl (C=O) groups is 3. The summed E-state index contributed by atoms with van der Waals surface area (Å²) in [5.41, 5.74) is 0. The van der Waals surface area contributed by atoms with Gasteiger partial charge in [0.05, 0.1) is 21.1 Å². The highest BCUT2D eigenvalue weighted by atomic mass is 16.6. The minimum Gasteiger partial charge on any atom is -0.550 e. The predicted molar refractivity (Wildman–Crippen MR) is 77.5 cm³/mol. The van der Waals surface area contributed by atoms with Gasteiger partial charge < -0.3 is 19.7 Å². The van der Waals surface area contributed by atoms with Crippen LogP contribution in [0.3, 0.4) is 0 Å². The number of nitrogens with zero attached hydrogens (tertiary/aromatic N) is 1. The Balaban J connectivity index is 4.02. The third kappa shape index (κ3) is 11.1. The second-order valence-corrected chi connectivity index (χ2v) is 6.28. The lowest BCUT2D eigenvalue weighted by Crippen LogP contribution is -2.48. The van der Waals surface area contributed by atoms with Gasteiger partial charge in [-0.2, -0.15) is 0 Å². The van der Waals surface area contributed by atoms with Crippen molar-refractivity contribution in [1.82, 2.24) is 0 Å². The van der Waals surface area contributed by atoms with E-state index in [-0.39, 0.29) is 31.7 Å². The van der Waals surface area contributed by atoms with E-state index in [0.29, 0.717) is 17.3 Å². The maximum atomic E-state index is 11.8. The Kier molecular flexibility index (Phi) is 9.40. The summed E-state index contributed by atoms with van der Waals surface area (Å²) in [6.45, 7) is 0. The fourth-order valence-corrected chi connectivity index (χ4v) is 1.96. The summed E-state index contributed by atoms with van der Waals surface area (Å²) in [5.74, 6) is -2.32. The molecule has 0 aliphatic heterocycles. The third-order valence-electron chi connectivity index (χ3n) is 3.25. The lowest BCUT2D eigenvalue weighted by Gasteiger charge is -2.33. The monoisotopic (exact) mass is 317 g/mol. The van der Waals surface area contributed by atoms with Crippen molar-refractivity contribution in [2.45, 2.75) is 57.6 Å². The minimum absolute atomic E-state index is 0.150. The first kappa shape index (κ1) is 20.4. The zero-order valence-electron chi connectivity index (χ0n) is 13.7. The molecule has 22 heavy (non-hydrogen) atoms. The highest BCUT2D eigenvalue weighted by Crippen LogP contribution is 2.14. The molecule has 0 rings (SSSR count). The fourth-order valence-electron chi connectivity index (χ4n) is 1.96. The Morgan fingerprint density at radius 3 is 2.00 bits per heavy atom. The molecular formula is C15H27NO6. The number of carboxylic acid groups (broad SMARTS) is 2. The molecule has 128 valence electrons. The summed E-state index contributed by atoms with van der Waals surface area (Å²) in [7, 11) is 5.50. The van der Waals surface area contributed by atoms with E-state index < -0.39 is 18.2 Å². The maximum Gasteiger partial charge on any atom is 0.310 e. The molecule has 1 N–H and O–H groups in total. The topological polar surface area (TPSA) is 104 Å². The summed E-state index contributed by atoms with van der Waals surface area (Å²) >= 11 is 0. The number of esters is 1. The molecule has 0 aliphatic carbocycles. The van der Waals surface area contributed by atoms with Gasteiger partial charge >= 0.3 is 11.9 Å². The molecule has 0 aromatic heterocycles. The molecule has 7 heteroatoms. The van der Waals surface area contributed by atoms with Crippen molar-refractivity contribution in [2.24, 2.45) is 0 Å². The fraction of sp³-hybridized carbons (Fsp3) is 0.800. The summed E-state index contributed by atoms with van der Waals surface area (Å²) < 4.78 is 5.69. The second kappa shape index (κ2) is 10.2. The smallest absolute Gasteiger partial charge is 0.310 e. The van der Waals surface area contributed by atoms with Crippen LogP contribution in [0, 0.1) is 0 Å². The largest absolute Gasteiger partial charge is 0.550 e. The van der Waals surface area contributed by atoms with E-state index >= 15 is 0 Å². The minimum atomic E-state index is -1.16. The molecule has 7 nitrogen and oxygen atoms in total. The van der Waals surface area contributed by atoms with Gasteiger partial charge in [-0.15, -0.1) is 0 Å². The van der Waals surface area contributed by atoms with Crippen LogP contribution in [0.5, 0.6) is 0 Å². The average molecular weight is 317 g/mol. The van der Waals surface area contributed by atoms with Crippen molar-refractivity contribution in [1.29, 1.82) is 0 Å². The summed E-state index contributed by atoms with van der Waals surface area (Å²) in [6, 6.07) is 0. The molecule has 0 aromatic carbocycles. The molecular weight excluding hydrogens is 290 g/mol. The lowest BCUT2D eigenvalue weighted by molar-refractivity contribution is -0.917. The van der Waals surface area contributed by atoms with Crippen LogP contribution in [-0.2, 0) is 19.1 Å². The standard InChI is InChI=1S/C15H27NO6/c1-16(2,3)12(10-11-14(19)20)22-15(21)9-7-5-4-6-8-13(17)18/h12H,4-11H2,1-3H3,(H-,17,18,19,20). The first-order chi connectivity index (χ1) is 10.1. The number of carbonyl (C=O) groups excluding carboxylic acids is 2. The molecule has 0 aliphatic rings. The normalized spacial score (nSPS) is 12.7. The number of carboxylic acids is 2. The molecule has 0 saturated carbocycles. The number of rotatable bonds is 12. The molecule has 0 heterocycles. The van der Waals surface area contributed by atoms with Crippen LogP contribution in [0.1, 0.15) is 51.4 Å². The molecule has 1 atom stereocenters. The van der Waals surface area contributed by atoms with Gasteiger partial charge in [0.1, 0.15) is 0 Å². The Morgan fingerprint density at radius 2 is 1.55 bits per heavy atom. The maximum absolute atomic E-state index is 11.8. The summed E-state index contributed by atoms with van der Waals surface area (Å²) in [5, 5.41) is 19.0. The van der Waals surface area contributed by atoms with E-state index in [9.17, 15) is 19.5 Å². The Bertz CT molecular complexity index is 375. The number of aliphatic carboxylic acids is 2. The highest BCUT2D eigenvalue weighted by Gasteiger charge is 2.27. The van der Waals surface area contributed by atoms with E-state index in [1.54, 1.807) is 0 Å². The van der Waals surface area contributed by atoms with Crippen molar-refractivity contribution >= 4 is 17.9 Å². The molecule has 0 saturated heterocycles. The number of hydrogen-bond acceptors (Lipinski definition) is 5. The van der Waals surface area contributed by atoms with Crippen LogP contribution < -0.4 is 5.11 Å². The van der Waals surface area contributed by atoms with Crippen LogP contribution in [-0.4, -0.2) is 54.9 Å². The van der Waals surface area contributed by atoms with Gasteiger partial charge in [0, 0.05) is 25.2 Å². The molecule has 0 bridgehead atoms. The van der Waals surface area contributed by atoms with Crippen molar-refractivity contribution in [2.75, 3.05) is 21.1 Å². The van der Waals surface area contributed by atoms with E-state index in [0.717, 1.165) is 12.8 Å². The SMILES string of the molecule is C[N+](C)(C)C(CCC(=O)[O-])OC(=O)CCCCCCC(=O)O. The Hall–Kier alpha value is -1.63. The van der Waals surface area contributed by atoms with Crippen molar-refractivity contribution in [3.63, 3.8) is 0 Å². The summed E-state index contributed by atoms with van der Waals surface area (Å²) in [4.78, 5) is 32.7. The third-order valence-corrected chi connectivity index (χ3v) is 3.25. The van der Waals surface area contributed by atoms with Gasteiger partial charge in [-0.25, -0.2) is 0 Å². The average Bonchev–Trinajstić information content (AvgIpc) is 2.36. The summed E-state index contributed by atoms with van der Waals surface area (Å²) in [6.07, 6.45) is 2.75. The number of hydrogen-bond donors (Lipinski definition) is 1. The lowest BCUT2D eigenvalue weighted by atomic mass is 10.1. The van der Waals surface area contributed by atoms with Gasteiger partial charge in [0.25, 0.3) is 0 Å². The molecule has 0 aromatic rings. The van der Waals surface area contributed by atoms with Crippen molar-refractivity contribution < 1.29 is 33.8 Å². The first-order valence-corrected chi connectivity index (χ1v) is 7.55. The Morgan fingerprint density at radius 1 is 1.00 bits per heavy atom. The second-order valence-electron chi connectivity index (χ2n) is 6.28.